The zero-order valence-corrected chi connectivity index (χ0v) is 85.8. The molecule has 24 aromatic rings. The lowest BCUT2D eigenvalue weighted by atomic mass is 9.86. The predicted octanol–water partition coefficient (Wildman–Crippen LogP) is 39.1. The number of rotatable bonds is 4. The highest BCUT2D eigenvalue weighted by molar-refractivity contribution is 7.28. The topological polar surface area (TPSA) is 64.5 Å². The van der Waals surface area contributed by atoms with Gasteiger partial charge in [-0.3, -0.25) is 15.0 Å². The molecular weight excluding hydrogens is 1760 g/mol. The molecule has 5 nitrogen and oxygen atoms in total. The maximum absolute atomic E-state index is 4.52. The summed E-state index contributed by atoms with van der Waals surface area (Å²) in [7, 11) is 0. The molecule has 0 fully saturated rings. The van der Waals surface area contributed by atoms with Crippen molar-refractivity contribution in [2.45, 2.75) is 184 Å². The quantitative estimate of drug-likeness (QED) is 0.176. The number of fused-ring (bicyclic) bond motifs is 24. The molecule has 11 aromatic carbocycles. The number of hydrogen-bond donors (Lipinski definition) is 0. The van der Waals surface area contributed by atoms with Crippen LogP contribution in [0, 0.1) is 0 Å². The molecule has 0 N–H and O–H groups in total. The summed E-state index contributed by atoms with van der Waals surface area (Å²) in [4.78, 5) is 24.4. The monoisotopic (exact) mass is 1870 g/mol. The molecule has 13 heteroatoms. The lowest BCUT2D eigenvalue weighted by Crippen LogP contribution is -2.10. The number of aromatic nitrogens is 5. The molecule has 0 amide bonds. The Morgan fingerprint density at radius 3 is 0.955 bits per heavy atom. The van der Waals surface area contributed by atoms with E-state index in [4.69, 9.17) is 0 Å². The van der Waals surface area contributed by atoms with Gasteiger partial charge in [-0.25, -0.2) is 9.97 Å². The first-order valence-electron chi connectivity index (χ1n) is 45.9. The largest absolute Gasteiger partial charge is 0.264 e. The SMILES string of the molecule is CC(C)(C)c1cccc2c1sc1ccccc12.CC(C)(C)c1cccc2c1sc1cccnc12.CC(C)(C)c1cccc2c1sc1ccncc12.CC(C)(C)c1cccc2c1sc1ncccc12.CC(C)c1cccc2sc3ccccc3c12.CC(C)c1cccc2sc3ccccc3c12.CC(C)c1cccc2sc3cccnc3c12.CC(C)c1cccc2sc3ncccc3c12. The fraction of sp³-hybridized carbons (Fsp3) is 0.235. The van der Waals surface area contributed by atoms with E-state index >= 15 is 0 Å². The summed E-state index contributed by atoms with van der Waals surface area (Å²) >= 11 is 14.8. The minimum absolute atomic E-state index is 0.181. The molecule has 0 aliphatic carbocycles. The summed E-state index contributed by atoms with van der Waals surface area (Å²) in [6, 6.07) is 97.7. The summed E-state index contributed by atoms with van der Waals surface area (Å²) in [5.74, 6) is 2.27. The maximum atomic E-state index is 4.52. The van der Waals surface area contributed by atoms with Crippen LogP contribution in [0.5, 0.6) is 0 Å². The zero-order valence-electron chi connectivity index (χ0n) is 79.3. The van der Waals surface area contributed by atoms with Gasteiger partial charge in [0.2, 0.25) is 0 Å². The van der Waals surface area contributed by atoms with E-state index in [0.29, 0.717) is 23.7 Å². The van der Waals surface area contributed by atoms with Gasteiger partial charge in [0.1, 0.15) is 9.66 Å². The number of nitrogens with zero attached hydrogens (tertiary/aromatic N) is 5. The molecule has 0 saturated heterocycles. The van der Waals surface area contributed by atoms with E-state index in [9.17, 15) is 0 Å². The zero-order chi connectivity index (χ0) is 92.7. The normalized spacial score (nSPS) is 12.1. The van der Waals surface area contributed by atoms with Crippen molar-refractivity contribution in [3.8, 4) is 0 Å². The summed E-state index contributed by atoms with van der Waals surface area (Å²) in [5.41, 5.74) is 14.5. The van der Waals surface area contributed by atoms with Gasteiger partial charge in [0.15, 0.2) is 0 Å². The average molecular weight is 1870 g/mol. The van der Waals surface area contributed by atoms with Crippen LogP contribution in [0.4, 0.5) is 0 Å². The molecule has 0 aliphatic heterocycles. The molecule has 0 bridgehead atoms. The van der Waals surface area contributed by atoms with Crippen LogP contribution in [0.1, 0.15) is 207 Å². The standard InChI is InChI=1S/C16H16S.3C15H15NS.2C15H14S.2C14H13NS/c1-16(2,3)13-9-6-8-12-11-7-4-5-10-14(11)17-15(12)13;1-15(2,3)12-8-4-6-10-11-7-5-9-16-14(11)17-13(10)12;1-15(2,3)11-7-4-6-10-13-12(17-14(10)11)8-5-9-16-13;1-15(2,3)12-6-4-5-10-11-9-16-8-7-13(11)17-14(10)12;2*1-10(2)11-7-5-9-14-15(11)12-6-3-4-8-13(12)16-14;1-9(2)10-5-3-7-12-13(10)11-6-4-8-15-14(11)16-12;1-9(2)10-5-3-6-11-13(10)14-12(16-11)7-4-8-15-14/h4-10H,1-3H3;3*4-9H,1-3H3;2*3-10H,1-2H3;2*3-9H,1-2H3. The van der Waals surface area contributed by atoms with E-state index in [0.717, 1.165) is 20.7 Å². The van der Waals surface area contributed by atoms with E-state index in [-0.39, 0.29) is 21.7 Å². The van der Waals surface area contributed by atoms with Crippen LogP contribution < -0.4 is 0 Å². The van der Waals surface area contributed by atoms with E-state index in [1.54, 1.807) is 22.7 Å². The predicted molar refractivity (Wildman–Crippen MR) is 595 cm³/mol. The fourth-order valence-electron chi connectivity index (χ4n) is 17.9. The highest BCUT2D eigenvalue weighted by atomic mass is 32.1. The summed E-state index contributed by atoms with van der Waals surface area (Å²) in [5, 5.41) is 19.1. The van der Waals surface area contributed by atoms with Crippen molar-refractivity contribution < 1.29 is 0 Å². The van der Waals surface area contributed by atoms with Crippen molar-refractivity contribution in [2.75, 3.05) is 0 Å². The van der Waals surface area contributed by atoms with Crippen molar-refractivity contribution in [1.82, 2.24) is 24.9 Å². The van der Waals surface area contributed by atoms with Gasteiger partial charge in [0.05, 0.1) is 20.4 Å². The Balaban J connectivity index is 0.000000105. The molecule has 24 rings (SSSR count). The molecule has 13 aromatic heterocycles. The molecule has 0 unspecified atom stereocenters. The molecule has 0 atom stereocenters. The van der Waals surface area contributed by atoms with Crippen LogP contribution in [0.25, 0.3) is 162 Å². The van der Waals surface area contributed by atoms with Crippen LogP contribution in [-0.4, -0.2) is 24.9 Å². The van der Waals surface area contributed by atoms with Crippen molar-refractivity contribution in [3.63, 3.8) is 0 Å². The third-order valence-corrected chi connectivity index (χ3v) is 33.7. The van der Waals surface area contributed by atoms with Crippen LogP contribution in [0.3, 0.4) is 0 Å². The van der Waals surface area contributed by atoms with Gasteiger partial charge in [-0.1, -0.05) is 314 Å². The number of hydrogen-bond acceptors (Lipinski definition) is 13. The van der Waals surface area contributed by atoms with Crippen molar-refractivity contribution >= 4 is 253 Å². The average Bonchev–Trinajstić information content (AvgIpc) is 1.63. The smallest absolute Gasteiger partial charge is 0.124 e. The Morgan fingerprint density at radius 1 is 0.197 bits per heavy atom. The van der Waals surface area contributed by atoms with Gasteiger partial charge in [0, 0.05) is 169 Å². The minimum Gasteiger partial charge on any atom is -0.264 e. The van der Waals surface area contributed by atoms with Crippen molar-refractivity contribution in [1.29, 1.82) is 0 Å². The van der Waals surface area contributed by atoms with Crippen LogP contribution in [0.15, 0.2) is 310 Å². The van der Waals surface area contributed by atoms with Crippen LogP contribution >= 0.6 is 90.7 Å². The molecule has 0 saturated carbocycles. The summed E-state index contributed by atoms with van der Waals surface area (Å²) in [6.07, 6.45) is 11.3. The Labute approximate surface area is 808 Å². The Kier molecular flexibility index (Phi) is 27.3. The van der Waals surface area contributed by atoms with Gasteiger partial charge in [-0.15, -0.1) is 90.7 Å². The van der Waals surface area contributed by atoms with Crippen LogP contribution in [0.2, 0.25) is 0 Å². The van der Waals surface area contributed by atoms with Gasteiger partial charge in [-0.05, 0) is 187 Å². The number of thiophene rings is 8. The third-order valence-electron chi connectivity index (χ3n) is 24.4. The molecule has 0 radical (unpaired) electrons. The van der Waals surface area contributed by atoms with Gasteiger partial charge in [-0.2, -0.15) is 0 Å². The molecule has 0 aliphatic rings. The Hall–Kier alpha value is -11.1. The highest BCUT2D eigenvalue weighted by Crippen LogP contribution is 2.47. The first-order valence-corrected chi connectivity index (χ1v) is 52.4. The summed E-state index contributed by atoms with van der Waals surface area (Å²) in [6.45, 7) is 45.3. The van der Waals surface area contributed by atoms with E-state index in [2.05, 4.69) is 412 Å². The lowest BCUT2D eigenvalue weighted by Gasteiger charge is -2.19. The lowest BCUT2D eigenvalue weighted by molar-refractivity contribution is 0.596. The Bertz CT molecular complexity index is 7280. The first kappa shape index (κ1) is 92.8. The van der Waals surface area contributed by atoms with Crippen molar-refractivity contribution in [2.24, 2.45) is 0 Å². The van der Waals surface area contributed by atoms with Crippen LogP contribution in [-0.2, 0) is 21.7 Å². The second-order valence-electron chi connectivity index (χ2n) is 39.3. The highest BCUT2D eigenvalue weighted by Gasteiger charge is 2.25. The van der Waals surface area contributed by atoms with Gasteiger partial charge >= 0.3 is 0 Å². The third kappa shape index (κ3) is 19.3. The second-order valence-corrected chi connectivity index (χ2v) is 47.8. The van der Waals surface area contributed by atoms with Gasteiger partial charge in [0.25, 0.3) is 0 Å². The molecule has 0 spiro atoms. The second kappa shape index (κ2) is 38.9. The number of pyridine rings is 5. The fourth-order valence-corrected chi connectivity index (χ4v) is 27.9. The van der Waals surface area contributed by atoms with Gasteiger partial charge < -0.3 is 0 Å². The molecule has 132 heavy (non-hydrogen) atoms. The first-order chi connectivity index (χ1) is 63.4. The number of benzene rings is 11. The molecule has 13 heterocycles. The van der Waals surface area contributed by atoms with Crippen molar-refractivity contribution in [3.05, 3.63) is 355 Å². The summed E-state index contributed by atoms with van der Waals surface area (Å²) < 4.78 is 19.2. The molecule has 664 valence electrons. The van der Waals surface area contributed by atoms with E-state index < -0.39 is 0 Å². The molecular formula is C119H115N5S8. The minimum atomic E-state index is 0.181. The Morgan fingerprint density at radius 2 is 0.485 bits per heavy atom. The van der Waals surface area contributed by atoms with E-state index in [1.807, 2.05) is 129 Å². The maximum Gasteiger partial charge on any atom is 0.124 e. The van der Waals surface area contributed by atoms with E-state index in [1.165, 1.54) is 186 Å².